The Morgan fingerprint density at radius 2 is 0.742 bits per heavy atom. The highest BCUT2D eigenvalue weighted by Crippen LogP contribution is 2.08. The first-order valence-corrected chi connectivity index (χ1v) is 31.0. The lowest BCUT2D eigenvalue weighted by atomic mass is 10.1. The van der Waals surface area contributed by atoms with Crippen LogP contribution in [-0.2, 0) is 67.1 Å². The molecule has 10 amide bonds. The molecule has 31 N–H and O–H groups in total. The van der Waals surface area contributed by atoms with Gasteiger partial charge in [0.25, 0.3) is 23.6 Å². The maximum absolute atomic E-state index is 11.8. The molecular formula is C49H82I3N23O18. The van der Waals surface area contributed by atoms with Gasteiger partial charge in [0.15, 0.2) is 29.8 Å². The highest BCUT2D eigenvalue weighted by atomic mass is 127. The molecular weight excluding hydrogens is 1580 g/mol. The van der Waals surface area contributed by atoms with E-state index in [1.807, 2.05) is 45.2 Å². The second-order valence-electron chi connectivity index (χ2n) is 17.7. The van der Waals surface area contributed by atoms with Crippen molar-refractivity contribution in [1.82, 2.24) is 36.4 Å². The van der Waals surface area contributed by atoms with Crippen LogP contribution in [0.4, 0.5) is 0 Å². The summed E-state index contributed by atoms with van der Waals surface area (Å²) in [5.74, 6) is -12.4. The first-order chi connectivity index (χ1) is 46.1. The Morgan fingerprint density at radius 1 is 0.441 bits per heavy atom. The van der Waals surface area contributed by atoms with Gasteiger partial charge in [-0.3, -0.25) is 82.7 Å². The minimum absolute atomic E-state index is 0.00641. The second kappa shape index (κ2) is 51.6. The number of nitrogens with one attached hydrogen (secondary N) is 5. The summed E-state index contributed by atoms with van der Waals surface area (Å²) in [5, 5.41) is 47.1. The molecule has 0 bridgehead atoms. The summed E-state index contributed by atoms with van der Waals surface area (Å²) in [5.41, 5.74) is 56.1. The van der Waals surface area contributed by atoms with E-state index in [9.17, 15) is 67.1 Å². The molecule has 0 saturated carbocycles. The number of aliphatic imine (C=N–C) groups is 5. The summed E-state index contributed by atoms with van der Waals surface area (Å²) >= 11 is 5.29. The minimum Gasteiger partial charge on any atom is -0.480 e. The van der Waals surface area contributed by atoms with E-state index in [0.717, 1.165) is 29.2 Å². The van der Waals surface area contributed by atoms with E-state index in [-0.39, 0.29) is 87.8 Å². The molecule has 5 unspecified atom stereocenters. The lowest BCUT2D eigenvalue weighted by molar-refractivity contribution is -0.144. The van der Waals surface area contributed by atoms with Gasteiger partial charge in [-0.25, -0.2) is 19.2 Å². The van der Waals surface area contributed by atoms with Crippen LogP contribution < -0.4 is 89.7 Å². The number of aliphatic carboxylic acids is 4. The van der Waals surface area contributed by atoms with Gasteiger partial charge >= 0.3 is 23.9 Å². The number of amides is 10. The Balaban J connectivity index is -0.00000119. The number of alkyl halides is 3. The fourth-order valence-corrected chi connectivity index (χ4v) is 6.76. The van der Waals surface area contributed by atoms with Crippen molar-refractivity contribution in [1.29, 1.82) is 0 Å². The van der Waals surface area contributed by atoms with Crippen LogP contribution in [0.15, 0.2) is 49.3 Å². The smallest absolute Gasteiger partial charge is 0.326 e. The van der Waals surface area contributed by atoms with Crippen LogP contribution in [0.3, 0.4) is 0 Å². The fourth-order valence-electron chi connectivity index (χ4n) is 6.13. The zero-order valence-corrected chi connectivity index (χ0v) is 55.9. The number of rotatable bonds is 38. The third kappa shape index (κ3) is 47.6. The summed E-state index contributed by atoms with van der Waals surface area (Å²) in [6.07, 6.45) is -0.520. The molecule has 93 heavy (non-hydrogen) atoms. The van der Waals surface area contributed by atoms with E-state index >= 15 is 0 Å². The molecule has 0 aliphatic carbocycles. The maximum Gasteiger partial charge on any atom is 0.326 e. The number of halogens is 3. The van der Waals surface area contributed by atoms with Crippen molar-refractivity contribution in [2.24, 2.45) is 88.0 Å². The van der Waals surface area contributed by atoms with Gasteiger partial charge in [0.2, 0.25) is 35.4 Å². The lowest BCUT2D eigenvalue weighted by Crippen LogP contribution is -2.47. The van der Waals surface area contributed by atoms with Crippen molar-refractivity contribution in [2.45, 2.75) is 101 Å². The Labute approximate surface area is 582 Å². The number of carboxylic acid groups (broad SMARTS) is 4. The molecule has 2 aliphatic rings. The quantitative estimate of drug-likeness (QED) is 0.00682. The number of carbonyl (C=O) groups excluding carboxylic acids is 10. The Kier molecular flexibility index (Phi) is 41.5. The molecule has 0 aromatic carbocycles. The van der Waals surface area contributed by atoms with Crippen LogP contribution in [0.5, 0.6) is 0 Å². The van der Waals surface area contributed by atoms with Gasteiger partial charge in [-0.2, -0.15) is 0 Å². The molecule has 0 aromatic rings. The molecule has 5 atom stereocenters. The summed E-state index contributed by atoms with van der Waals surface area (Å²) in [4.78, 5) is 177. The summed E-state index contributed by atoms with van der Waals surface area (Å²) in [7, 11) is 0. The summed E-state index contributed by atoms with van der Waals surface area (Å²) in [6.45, 7) is -2.79. The van der Waals surface area contributed by atoms with E-state index < -0.39 is 133 Å². The van der Waals surface area contributed by atoms with E-state index in [2.05, 4.69) is 46.2 Å². The Hall–Kier alpha value is -9.00. The van der Waals surface area contributed by atoms with E-state index in [1.165, 1.54) is 22.6 Å². The monoisotopic (exact) mass is 1670 g/mol. The predicted octanol–water partition coefficient (Wildman–Crippen LogP) is -8.01. The number of guanidine groups is 5. The zero-order chi connectivity index (χ0) is 78.1. The molecule has 2 aliphatic heterocycles. The van der Waals surface area contributed by atoms with Crippen molar-refractivity contribution in [3.05, 3.63) is 24.3 Å². The molecule has 0 fully saturated rings. The summed E-state index contributed by atoms with van der Waals surface area (Å²) < 4.78 is 53.5. The van der Waals surface area contributed by atoms with Crippen LogP contribution in [0.25, 0.3) is 0 Å². The highest BCUT2D eigenvalue weighted by molar-refractivity contribution is 14.1. The first kappa shape index (κ1) is 74.7. The number of hydrogen-bond donors (Lipinski definition) is 20. The predicted molar refractivity (Wildman–Crippen MR) is 362 cm³/mol. The van der Waals surface area contributed by atoms with Crippen LogP contribution in [0.2, 0.25) is 0 Å². The maximum atomic E-state index is 11.8. The number of primary amides is 1. The summed E-state index contributed by atoms with van der Waals surface area (Å²) in [6, 6.07) is -7.29. The Bertz CT molecular complexity index is 3010. The largest absolute Gasteiger partial charge is 0.480 e. The average Bonchev–Trinajstić information content (AvgIpc) is 0.902. The molecule has 0 spiro atoms. The number of nitrogens with two attached hydrogens (primary N) is 11. The van der Waals surface area contributed by atoms with Gasteiger partial charge in [-0.05, 0) is 64.1 Å². The van der Waals surface area contributed by atoms with Crippen molar-refractivity contribution >= 4 is 181 Å². The topological polar surface area (TPSA) is 735 Å². The number of carbonyl (C=O) groups is 14. The lowest BCUT2D eigenvalue weighted by Gasteiger charge is -2.17. The molecule has 2 rings (SSSR count). The van der Waals surface area contributed by atoms with Crippen molar-refractivity contribution in [3.63, 3.8) is 0 Å². The molecule has 522 valence electrons. The molecule has 2 heterocycles. The fraction of sp³-hybridized carbons (Fsp3) is 0.531. The normalized spacial score (nSPS) is 15.0. The molecule has 0 aromatic heterocycles. The van der Waals surface area contributed by atoms with Crippen molar-refractivity contribution < 1.29 is 97.1 Å². The third-order valence-electron chi connectivity index (χ3n) is 10.3. The van der Waals surface area contributed by atoms with E-state index in [4.69, 9.17) is 93.1 Å². The SMILES string of the molecule is NC(=O)C(CCCN=C(N)N)NC(=O)CI.NC(N)=NCCCC(NC(=O)CCN1C(=O)C=CC1=O)C(=O)O.NC(N)=NCCCC(NC(=O)CI)C(=O)O.NC(N)=NCCCC(NC(=O)CN1C(=O)C=CC1=O)C(=O)O.[2H]C([2H])(N=C(N)N)C([2H])([2H])C([2H])([2H])C([2H])(NC(=O)CI)C(=O)O. The Morgan fingerprint density at radius 3 is 1.05 bits per heavy atom. The van der Waals surface area contributed by atoms with Crippen molar-refractivity contribution in [3.8, 4) is 0 Å². The van der Waals surface area contributed by atoms with Crippen LogP contribution >= 0.6 is 67.8 Å². The molecule has 44 heteroatoms. The number of carboxylic acids is 4. The van der Waals surface area contributed by atoms with E-state index in [1.54, 1.807) is 5.32 Å². The van der Waals surface area contributed by atoms with Gasteiger partial charge in [0.1, 0.15) is 36.7 Å². The van der Waals surface area contributed by atoms with Gasteiger partial charge < -0.3 is 110 Å². The van der Waals surface area contributed by atoms with Gasteiger partial charge in [-0.1, -0.05) is 67.8 Å². The minimum atomic E-state index is -3.75. The van der Waals surface area contributed by atoms with Crippen LogP contribution in [-0.4, -0.2) is 232 Å². The molecule has 0 radical (unpaired) electrons. The number of hydrogen-bond acceptors (Lipinski definition) is 19. The van der Waals surface area contributed by atoms with Gasteiger partial charge in [0, 0.05) is 75.4 Å². The average molecular weight is 1670 g/mol. The van der Waals surface area contributed by atoms with Crippen molar-refractivity contribution in [2.75, 3.05) is 59.0 Å². The van der Waals surface area contributed by atoms with Gasteiger partial charge in [-0.15, -0.1) is 0 Å². The van der Waals surface area contributed by atoms with Crippen LogP contribution in [0, 0.1) is 0 Å². The third-order valence-corrected chi connectivity index (χ3v) is 12.4. The highest BCUT2D eigenvalue weighted by Gasteiger charge is 2.29. The molecule has 0 saturated heterocycles. The van der Waals surface area contributed by atoms with Crippen LogP contribution in [0.1, 0.15) is 80.1 Å². The standard InChI is InChI=1S/C13H19N5O5.C12H17N5O5.C8H16IN5O2.2C8H15IN4O3/c14-13(15)16-6-1-2-8(12(22)23)17-9(19)5-7-18-10(20)3-4-11(18)21;13-12(14)15-5-1-2-7(11(21)22)16-8(18)6-17-9(19)3-4-10(17)20;9-4-6(15)14-5(7(10)16)2-1-3-13-8(11)12;2*9-4-6(14)13-5(7(15)16)2-1-3-12-8(10)11/h3-4,8H,1-2,5-7H2,(H,17,19)(H,22,23)(H4,14,15,16);3-4,7H,1-2,5-6H2,(H,16,18)(H,21,22)(H4,13,14,15);5H,1-4H2,(H2,10,16)(H,14,15)(H4,11,12,13);2*5H,1-4H2,(H,13,14)(H,15,16)(H4,10,11,12)/i;;;1D2,2D2,3D2,5D;. The first-order valence-electron chi connectivity index (χ1n) is 29.9. The second-order valence-corrected chi connectivity index (χ2v) is 20.0. The van der Waals surface area contributed by atoms with E-state index in [0.29, 0.717) is 56.5 Å². The number of nitrogens with zero attached hydrogens (tertiary/aromatic N) is 7. The number of imide groups is 2. The molecule has 41 nitrogen and oxygen atoms in total. The zero-order valence-electron chi connectivity index (χ0n) is 56.5. The van der Waals surface area contributed by atoms with Gasteiger partial charge in [0.05, 0.1) is 17.4 Å².